The number of β-lactam (4-membered cyclic amide) rings is 1. The van der Waals surface area contributed by atoms with Crippen LogP contribution in [0.2, 0.25) is 0 Å². The molecule has 0 spiro atoms. The molecular formula is C33H29NO3S. The summed E-state index contributed by atoms with van der Waals surface area (Å²) in [5.41, 5.74) is 4.35. The van der Waals surface area contributed by atoms with E-state index in [-0.39, 0.29) is 29.8 Å². The Morgan fingerprint density at radius 2 is 1.24 bits per heavy atom. The summed E-state index contributed by atoms with van der Waals surface area (Å²) in [6.07, 6.45) is 1.25. The number of rotatable bonds is 8. The molecule has 4 aromatic carbocycles. The van der Waals surface area contributed by atoms with Crippen molar-refractivity contribution in [3.05, 3.63) is 144 Å². The third kappa shape index (κ3) is 4.41. The highest BCUT2D eigenvalue weighted by Gasteiger charge is 2.57. The van der Waals surface area contributed by atoms with Gasteiger partial charge in [0.05, 0.1) is 4.75 Å². The van der Waals surface area contributed by atoms with Crippen molar-refractivity contribution in [1.29, 1.82) is 0 Å². The first kappa shape index (κ1) is 24.5. The van der Waals surface area contributed by atoms with Crippen LogP contribution in [-0.2, 0) is 25.7 Å². The molecule has 0 bridgehead atoms. The highest BCUT2D eigenvalue weighted by Crippen LogP contribution is 2.54. The Bertz CT molecular complexity index is 1300. The topological polar surface area (TPSA) is 46.6 Å². The smallest absolute Gasteiger partial charge is 0.330 e. The summed E-state index contributed by atoms with van der Waals surface area (Å²) in [6.45, 7) is 0.196. The van der Waals surface area contributed by atoms with E-state index >= 15 is 0 Å². The number of hydrogen-bond acceptors (Lipinski definition) is 4. The predicted octanol–water partition coefficient (Wildman–Crippen LogP) is 6.20. The van der Waals surface area contributed by atoms with Crippen molar-refractivity contribution in [1.82, 2.24) is 4.90 Å². The van der Waals surface area contributed by atoms with Gasteiger partial charge >= 0.3 is 5.97 Å². The molecule has 6 rings (SSSR count). The molecule has 5 heteroatoms. The molecule has 3 atom stereocenters. The fourth-order valence-electron chi connectivity index (χ4n) is 5.79. The Morgan fingerprint density at radius 3 is 1.71 bits per heavy atom. The van der Waals surface area contributed by atoms with Crippen molar-refractivity contribution < 1.29 is 14.3 Å². The summed E-state index contributed by atoms with van der Waals surface area (Å²) in [4.78, 5) is 28.1. The van der Waals surface area contributed by atoms with Gasteiger partial charge in [0.25, 0.3) is 0 Å². The molecule has 4 aromatic rings. The van der Waals surface area contributed by atoms with Crippen LogP contribution in [0.1, 0.15) is 35.1 Å². The first-order valence-electron chi connectivity index (χ1n) is 13.0. The third-order valence-electron chi connectivity index (χ3n) is 7.58. The van der Waals surface area contributed by atoms with Crippen LogP contribution in [0.15, 0.2) is 121 Å². The number of esters is 1. The van der Waals surface area contributed by atoms with Crippen LogP contribution >= 0.6 is 11.8 Å². The van der Waals surface area contributed by atoms with E-state index in [9.17, 15) is 9.59 Å². The fraction of sp³-hybridized carbons (Fsp3) is 0.212. The Kier molecular flexibility index (Phi) is 6.77. The number of amides is 1. The molecule has 2 saturated heterocycles. The number of hydrogen-bond donors (Lipinski definition) is 0. The highest BCUT2D eigenvalue weighted by molar-refractivity contribution is 8.01. The van der Waals surface area contributed by atoms with Crippen molar-refractivity contribution in [2.45, 2.75) is 41.5 Å². The van der Waals surface area contributed by atoms with E-state index in [1.165, 1.54) is 0 Å². The summed E-state index contributed by atoms with van der Waals surface area (Å²) in [5, 5.41) is -0.129. The number of carbonyl (C=O) groups is 2. The summed E-state index contributed by atoms with van der Waals surface area (Å²) < 4.78 is 5.26. The minimum atomic E-state index is -0.620. The minimum Gasteiger partial charge on any atom is -0.459 e. The van der Waals surface area contributed by atoms with Gasteiger partial charge in [-0.1, -0.05) is 121 Å². The van der Waals surface area contributed by atoms with Gasteiger partial charge in [-0.15, -0.1) is 11.8 Å². The van der Waals surface area contributed by atoms with Crippen LogP contribution in [0, 0.1) is 0 Å². The molecule has 2 aliphatic rings. The SMILES string of the molecule is O=C(OCc1ccccc1)C1C(SC(c2ccccc2)(c2ccccc2)c2ccccc2)CC2CC(=O)N21. The molecule has 0 saturated carbocycles. The molecule has 1 amide bonds. The van der Waals surface area contributed by atoms with E-state index in [0.717, 1.165) is 28.7 Å². The van der Waals surface area contributed by atoms with Gasteiger partial charge in [0.1, 0.15) is 12.6 Å². The standard InChI is InChI=1S/C33H29NO3S/c35-30-22-28-21-29(31(34(28)30)32(36)37-23-24-13-5-1-6-14-24)38-33(25-15-7-2-8-16-25,26-17-9-3-10-18-26)27-19-11-4-12-20-27/h1-20,28-29,31H,21-23H2. The molecular weight excluding hydrogens is 490 g/mol. The highest BCUT2D eigenvalue weighted by atomic mass is 32.2. The lowest BCUT2D eigenvalue weighted by Crippen LogP contribution is -2.55. The number of thioether (sulfide) groups is 1. The Balaban J connectivity index is 1.41. The van der Waals surface area contributed by atoms with E-state index in [4.69, 9.17) is 4.74 Å². The molecule has 0 aromatic heterocycles. The second-order valence-electron chi connectivity index (χ2n) is 9.87. The maximum atomic E-state index is 13.6. The number of fused-ring (bicyclic) bond motifs is 1. The van der Waals surface area contributed by atoms with Gasteiger partial charge in [0, 0.05) is 17.7 Å². The predicted molar refractivity (Wildman–Crippen MR) is 150 cm³/mol. The Labute approximate surface area is 227 Å². The molecule has 4 nitrogen and oxygen atoms in total. The molecule has 190 valence electrons. The molecule has 0 aliphatic carbocycles. The third-order valence-corrected chi connectivity index (χ3v) is 9.40. The number of benzene rings is 4. The first-order valence-corrected chi connectivity index (χ1v) is 13.9. The monoisotopic (exact) mass is 519 g/mol. The van der Waals surface area contributed by atoms with Crippen molar-refractivity contribution in [3.63, 3.8) is 0 Å². The van der Waals surface area contributed by atoms with Gasteiger partial charge in [-0.25, -0.2) is 4.79 Å². The van der Waals surface area contributed by atoms with Crippen molar-refractivity contribution in [3.8, 4) is 0 Å². The summed E-state index contributed by atoms with van der Waals surface area (Å²) in [5.74, 6) is -0.297. The van der Waals surface area contributed by atoms with Crippen LogP contribution in [0.3, 0.4) is 0 Å². The van der Waals surface area contributed by atoms with E-state index in [2.05, 4.69) is 72.8 Å². The number of carbonyl (C=O) groups excluding carboxylic acids is 2. The van der Waals surface area contributed by atoms with Crippen LogP contribution < -0.4 is 0 Å². The molecule has 3 unspecified atom stereocenters. The zero-order valence-electron chi connectivity index (χ0n) is 21.0. The van der Waals surface area contributed by atoms with Crippen LogP contribution in [0.4, 0.5) is 0 Å². The molecule has 2 heterocycles. The first-order chi connectivity index (χ1) is 18.7. The molecule has 2 aliphatic heterocycles. The lowest BCUT2D eigenvalue weighted by atomic mass is 9.84. The Morgan fingerprint density at radius 1 is 0.763 bits per heavy atom. The van der Waals surface area contributed by atoms with Gasteiger partial charge < -0.3 is 9.64 Å². The van der Waals surface area contributed by atoms with Gasteiger partial charge in [0.2, 0.25) is 5.91 Å². The lowest BCUT2D eigenvalue weighted by Gasteiger charge is -2.40. The summed E-state index contributed by atoms with van der Waals surface area (Å²) in [7, 11) is 0. The molecule has 0 N–H and O–H groups in total. The minimum absolute atomic E-state index is 0.0319. The zero-order valence-corrected chi connectivity index (χ0v) is 21.8. The zero-order chi connectivity index (χ0) is 26.0. The molecule has 38 heavy (non-hydrogen) atoms. The van der Waals surface area contributed by atoms with Crippen LogP contribution in [-0.4, -0.2) is 34.1 Å². The average molecular weight is 520 g/mol. The number of ether oxygens (including phenoxy) is 1. The van der Waals surface area contributed by atoms with Crippen molar-refractivity contribution in [2.75, 3.05) is 0 Å². The van der Waals surface area contributed by atoms with E-state index in [1.54, 1.807) is 16.7 Å². The molecule has 0 radical (unpaired) electrons. The van der Waals surface area contributed by atoms with Crippen LogP contribution in [0.5, 0.6) is 0 Å². The second-order valence-corrected chi connectivity index (χ2v) is 11.3. The van der Waals surface area contributed by atoms with Gasteiger partial charge in [-0.05, 0) is 28.7 Å². The van der Waals surface area contributed by atoms with Crippen LogP contribution in [0.25, 0.3) is 0 Å². The van der Waals surface area contributed by atoms with Gasteiger partial charge in [-0.2, -0.15) is 0 Å². The van der Waals surface area contributed by atoms with Gasteiger partial charge in [-0.3, -0.25) is 4.79 Å². The normalized spacial score (nSPS) is 20.5. The number of nitrogens with zero attached hydrogens (tertiary/aromatic N) is 1. The Hall–Kier alpha value is -3.83. The quantitative estimate of drug-likeness (QED) is 0.158. The maximum Gasteiger partial charge on any atom is 0.330 e. The van der Waals surface area contributed by atoms with Gasteiger partial charge in [0.15, 0.2) is 0 Å². The van der Waals surface area contributed by atoms with Crippen molar-refractivity contribution in [2.24, 2.45) is 0 Å². The fourth-order valence-corrected chi connectivity index (χ4v) is 7.75. The maximum absolute atomic E-state index is 13.6. The van der Waals surface area contributed by atoms with E-state index in [0.29, 0.717) is 6.42 Å². The molecule has 2 fully saturated rings. The largest absolute Gasteiger partial charge is 0.459 e. The van der Waals surface area contributed by atoms with E-state index in [1.807, 2.05) is 48.5 Å². The lowest BCUT2D eigenvalue weighted by molar-refractivity contribution is -0.161. The second kappa shape index (κ2) is 10.5. The summed E-state index contributed by atoms with van der Waals surface area (Å²) >= 11 is 1.77. The van der Waals surface area contributed by atoms with E-state index < -0.39 is 10.8 Å². The van der Waals surface area contributed by atoms with Crippen molar-refractivity contribution >= 4 is 23.6 Å². The summed E-state index contributed by atoms with van der Waals surface area (Å²) in [6, 6.07) is 40.5. The average Bonchev–Trinajstić information content (AvgIpc) is 3.28.